The molecule has 152 valence electrons. The van der Waals surface area contributed by atoms with Crippen LogP contribution in [-0.4, -0.2) is 39.6 Å². The summed E-state index contributed by atoms with van der Waals surface area (Å²) in [5.41, 5.74) is 1.45. The number of aryl methyl sites for hydroxylation is 1. The number of hydrogen-bond acceptors (Lipinski definition) is 4. The molecule has 0 saturated heterocycles. The summed E-state index contributed by atoms with van der Waals surface area (Å²) in [6, 6.07) is 7.73. The molecular weight excluding hydrogens is 395 g/mol. The van der Waals surface area contributed by atoms with Gasteiger partial charge < -0.3 is 9.30 Å². The van der Waals surface area contributed by atoms with Gasteiger partial charge in [0.05, 0.1) is 5.56 Å². The van der Waals surface area contributed by atoms with E-state index in [0.717, 1.165) is 4.57 Å². The van der Waals surface area contributed by atoms with E-state index in [0.29, 0.717) is 11.3 Å². The number of nitrogens with zero attached hydrogens (tertiary/aromatic N) is 1. The second kappa shape index (κ2) is 8.72. The number of alkyl halides is 3. The first kappa shape index (κ1) is 21.9. The SMILES string of the molecule is Cc1cc(C(=O)COC(=O)c2cccc(CS(C)=O)c2)c(C)n1CC(F)(F)F. The van der Waals surface area contributed by atoms with Gasteiger partial charge in [0, 0.05) is 39.8 Å². The van der Waals surface area contributed by atoms with Gasteiger partial charge in [-0.05, 0) is 37.6 Å². The summed E-state index contributed by atoms with van der Waals surface area (Å²) >= 11 is 0. The molecule has 1 aromatic heterocycles. The number of ketones is 1. The van der Waals surface area contributed by atoms with Gasteiger partial charge in [0.1, 0.15) is 6.54 Å². The quantitative estimate of drug-likeness (QED) is 0.512. The highest BCUT2D eigenvalue weighted by Crippen LogP contribution is 2.23. The fraction of sp³-hybridized carbons (Fsp3) is 0.368. The smallest absolute Gasteiger partial charge is 0.406 e. The molecule has 1 heterocycles. The van der Waals surface area contributed by atoms with Crippen LogP contribution < -0.4 is 0 Å². The number of halogens is 3. The van der Waals surface area contributed by atoms with Crippen LogP contribution in [0.3, 0.4) is 0 Å². The maximum absolute atomic E-state index is 12.7. The van der Waals surface area contributed by atoms with Crippen LogP contribution in [0.5, 0.6) is 0 Å². The van der Waals surface area contributed by atoms with Crippen LogP contribution in [0.2, 0.25) is 0 Å². The Morgan fingerprint density at radius 3 is 2.46 bits per heavy atom. The van der Waals surface area contributed by atoms with Crippen molar-refractivity contribution in [3.8, 4) is 0 Å². The summed E-state index contributed by atoms with van der Waals surface area (Å²) in [5.74, 6) is -1.03. The van der Waals surface area contributed by atoms with E-state index in [1.807, 2.05) is 0 Å². The van der Waals surface area contributed by atoms with E-state index in [-0.39, 0.29) is 22.6 Å². The molecule has 0 aliphatic carbocycles. The summed E-state index contributed by atoms with van der Waals surface area (Å²) in [6.07, 6.45) is -2.87. The maximum Gasteiger partial charge on any atom is 0.406 e. The molecule has 0 amide bonds. The van der Waals surface area contributed by atoms with Crippen molar-refractivity contribution >= 4 is 22.6 Å². The Labute approximate surface area is 162 Å². The molecule has 0 aliphatic heterocycles. The number of carbonyl (C=O) groups is 2. The average Bonchev–Trinajstić information content (AvgIpc) is 2.86. The third kappa shape index (κ3) is 5.79. The fourth-order valence-corrected chi connectivity index (χ4v) is 3.47. The van der Waals surface area contributed by atoms with Crippen LogP contribution in [0.15, 0.2) is 30.3 Å². The lowest BCUT2D eigenvalue weighted by Crippen LogP contribution is -2.20. The third-order valence-electron chi connectivity index (χ3n) is 4.08. The Bertz CT molecular complexity index is 918. The summed E-state index contributed by atoms with van der Waals surface area (Å²) in [7, 11) is -1.07. The number of carbonyl (C=O) groups excluding carboxylic acids is 2. The Hall–Kier alpha value is -2.42. The van der Waals surface area contributed by atoms with E-state index in [9.17, 15) is 27.0 Å². The van der Waals surface area contributed by atoms with Crippen molar-refractivity contribution in [1.82, 2.24) is 4.57 Å². The average molecular weight is 415 g/mol. The molecule has 2 rings (SSSR count). The van der Waals surface area contributed by atoms with Gasteiger partial charge in [0.25, 0.3) is 0 Å². The van der Waals surface area contributed by atoms with E-state index in [1.54, 1.807) is 18.4 Å². The lowest BCUT2D eigenvalue weighted by molar-refractivity contribution is -0.141. The van der Waals surface area contributed by atoms with E-state index in [1.165, 1.54) is 32.0 Å². The topological polar surface area (TPSA) is 65.4 Å². The lowest BCUT2D eigenvalue weighted by atomic mass is 10.1. The largest absolute Gasteiger partial charge is 0.454 e. The van der Waals surface area contributed by atoms with Gasteiger partial charge >= 0.3 is 12.1 Å². The molecule has 9 heteroatoms. The van der Waals surface area contributed by atoms with Crippen LogP contribution >= 0.6 is 0 Å². The van der Waals surface area contributed by atoms with Crippen LogP contribution in [-0.2, 0) is 27.8 Å². The zero-order valence-corrected chi connectivity index (χ0v) is 16.4. The first-order valence-corrected chi connectivity index (χ1v) is 10.0. The zero-order chi connectivity index (χ0) is 21.1. The lowest BCUT2D eigenvalue weighted by Gasteiger charge is -2.12. The van der Waals surface area contributed by atoms with Crippen molar-refractivity contribution in [3.63, 3.8) is 0 Å². The van der Waals surface area contributed by atoms with E-state index >= 15 is 0 Å². The molecular formula is C19H20F3NO4S. The molecule has 1 aromatic carbocycles. The second-order valence-corrected chi connectivity index (χ2v) is 7.84. The molecule has 28 heavy (non-hydrogen) atoms. The summed E-state index contributed by atoms with van der Waals surface area (Å²) in [5, 5.41) is 0. The second-order valence-electron chi connectivity index (χ2n) is 6.40. The summed E-state index contributed by atoms with van der Waals surface area (Å²) in [4.78, 5) is 24.5. The highest BCUT2D eigenvalue weighted by atomic mass is 32.2. The molecule has 1 atom stereocenters. The maximum atomic E-state index is 12.7. The number of ether oxygens (including phenoxy) is 1. The van der Waals surface area contributed by atoms with E-state index in [2.05, 4.69) is 0 Å². The summed E-state index contributed by atoms with van der Waals surface area (Å²) < 4.78 is 55.3. The number of esters is 1. The Morgan fingerprint density at radius 2 is 1.86 bits per heavy atom. The molecule has 0 saturated carbocycles. The molecule has 0 aliphatic rings. The van der Waals surface area contributed by atoms with E-state index < -0.39 is 41.9 Å². The standard InChI is InChI=1S/C19H20F3NO4S/c1-12-7-16(13(2)23(12)11-19(20,21)22)17(24)9-27-18(25)15-6-4-5-14(8-15)10-28(3)26/h4-8H,9-11H2,1-3H3. The first-order chi connectivity index (χ1) is 13.0. The predicted molar refractivity (Wildman–Crippen MR) is 98.8 cm³/mol. The number of hydrogen-bond donors (Lipinski definition) is 0. The molecule has 0 spiro atoms. The normalized spacial score (nSPS) is 12.6. The van der Waals surface area contributed by atoms with Crippen LogP contribution in [0.1, 0.15) is 37.7 Å². The van der Waals surface area contributed by atoms with Crippen molar-refractivity contribution in [1.29, 1.82) is 0 Å². The highest BCUT2D eigenvalue weighted by Gasteiger charge is 2.30. The molecule has 5 nitrogen and oxygen atoms in total. The molecule has 0 fully saturated rings. The molecule has 0 radical (unpaired) electrons. The first-order valence-electron chi connectivity index (χ1n) is 8.30. The zero-order valence-electron chi connectivity index (χ0n) is 15.6. The van der Waals surface area contributed by atoms with Gasteiger partial charge in [-0.15, -0.1) is 0 Å². The molecule has 0 bridgehead atoms. The minimum absolute atomic E-state index is 0.0877. The monoisotopic (exact) mass is 415 g/mol. The highest BCUT2D eigenvalue weighted by molar-refractivity contribution is 7.83. The minimum atomic E-state index is -4.41. The van der Waals surface area contributed by atoms with Gasteiger partial charge in [-0.2, -0.15) is 13.2 Å². The van der Waals surface area contributed by atoms with Gasteiger partial charge in [0.15, 0.2) is 6.61 Å². The van der Waals surface area contributed by atoms with Crippen LogP contribution in [0, 0.1) is 13.8 Å². The van der Waals surface area contributed by atoms with E-state index in [4.69, 9.17) is 4.74 Å². The van der Waals surface area contributed by atoms with Gasteiger partial charge in [-0.25, -0.2) is 4.79 Å². The van der Waals surface area contributed by atoms with Gasteiger partial charge in [0.2, 0.25) is 5.78 Å². The molecule has 2 aromatic rings. The van der Waals surface area contributed by atoms with Crippen molar-refractivity contribution < 1.29 is 31.7 Å². The van der Waals surface area contributed by atoms with Gasteiger partial charge in [-0.1, -0.05) is 12.1 Å². The Balaban J connectivity index is 2.07. The van der Waals surface area contributed by atoms with Crippen molar-refractivity contribution in [2.45, 2.75) is 32.3 Å². The predicted octanol–water partition coefficient (Wildman–Crippen LogP) is 3.59. The van der Waals surface area contributed by atoms with Crippen molar-refractivity contribution in [3.05, 3.63) is 58.4 Å². The summed E-state index contributed by atoms with van der Waals surface area (Å²) in [6.45, 7) is 1.12. The Kier molecular flexibility index (Phi) is 6.82. The van der Waals surface area contributed by atoms with Crippen molar-refractivity contribution in [2.24, 2.45) is 0 Å². The minimum Gasteiger partial charge on any atom is -0.454 e. The number of Topliss-reactive ketones (excluding diaryl/α,β-unsaturated/α-hetero) is 1. The third-order valence-corrected chi connectivity index (χ3v) is 4.82. The number of benzene rings is 1. The Morgan fingerprint density at radius 1 is 1.18 bits per heavy atom. The van der Waals surface area contributed by atoms with Crippen molar-refractivity contribution in [2.75, 3.05) is 12.9 Å². The van der Waals surface area contributed by atoms with Gasteiger partial charge in [-0.3, -0.25) is 9.00 Å². The molecule has 1 unspecified atom stereocenters. The number of rotatable bonds is 7. The number of aromatic nitrogens is 1. The molecule has 0 N–H and O–H groups in total. The fourth-order valence-electron chi connectivity index (χ4n) is 2.82. The van der Waals surface area contributed by atoms with Crippen LogP contribution in [0.4, 0.5) is 13.2 Å². The van der Waals surface area contributed by atoms with Crippen LogP contribution in [0.25, 0.3) is 0 Å².